The second-order valence-corrected chi connectivity index (χ2v) is 5.67. The Balaban J connectivity index is 1.92. The number of hydrogen-bond acceptors (Lipinski definition) is 3. The van der Waals surface area contributed by atoms with Gasteiger partial charge in [0.2, 0.25) is 0 Å². The zero-order valence-electron chi connectivity index (χ0n) is 12.5. The highest BCUT2D eigenvalue weighted by molar-refractivity contribution is 5.39. The lowest BCUT2D eigenvalue weighted by Gasteiger charge is -2.26. The van der Waals surface area contributed by atoms with Crippen LogP contribution in [-0.4, -0.2) is 13.7 Å². The first-order valence-electron chi connectivity index (χ1n) is 7.51. The highest BCUT2D eigenvalue weighted by atomic mass is 16.5. The molecule has 2 rings (SSSR count). The minimum absolute atomic E-state index is 0.318. The number of hydrogen-bond donors (Lipinski definition) is 1. The molecule has 0 radical (unpaired) electrons. The van der Waals surface area contributed by atoms with Crippen LogP contribution in [0.25, 0.3) is 0 Å². The van der Waals surface area contributed by atoms with E-state index in [-0.39, 0.29) is 0 Å². The number of benzene rings is 1. The maximum absolute atomic E-state index is 8.88. The van der Waals surface area contributed by atoms with Crippen molar-refractivity contribution in [2.75, 3.05) is 13.7 Å². The normalized spacial score (nSPS) is 16.2. The summed E-state index contributed by atoms with van der Waals surface area (Å²) in [5, 5.41) is 12.5. The lowest BCUT2D eigenvalue weighted by Crippen LogP contribution is -2.24. The third-order valence-corrected chi connectivity index (χ3v) is 4.30. The fourth-order valence-corrected chi connectivity index (χ4v) is 2.69. The monoisotopic (exact) mass is 272 g/mol. The van der Waals surface area contributed by atoms with Crippen molar-refractivity contribution in [3.05, 3.63) is 29.3 Å². The molecule has 0 spiro atoms. The quantitative estimate of drug-likeness (QED) is 0.825. The van der Waals surface area contributed by atoms with Gasteiger partial charge in [-0.15, -0.1) is 0 Å². The van der Waals surface area contributed by atoms with Crippen LogP contribution in [-0.2, 0) is 6.42 Å². The van der Waals surface area contributed by atoms with Gasteiger partial charge in [-0.1, -0.05) is 25.3 Å². The SMILES string of the molecule is COc1ccc(C(C)NCCC2CCC2)cc1CC#N. The number of nitriles is 1. The van der Waals surface area contributed by atoms with Gasteiger partial charge in [0, 0.05) is 11.6 Å². The van der Waals surface area contributed by atoms with Crippen LogP contribution in [0.3, 0.4) is 0 Å². The van der Waals surface area contributed by atoms with E-state index in [4.69, 9.17) is 10.00 Å². The highest BCUT2D eigenvalue weighted by Crippen LogP contribution is 2.29. The van der Waals surface area contributed by atoms with E-state index >= 15 is 0 Å². The van der Waals surface area contributed by atoms with Crippen LogP contribution >= 0.6 is 0 Å². The second-order valence-electron chi connectivity index (χ2n) is 5.67. The van der Waals surface area contributed by atoms with Gasteiger partial charge >= 0.3 is 0 Å². The summed E-state index contributed by atoms with van der Waals surface area (Å²) in [5.41, 5.74) is 2.20. The largest absolute Gasteiger partial charge is 0.496 e. The van der Waals surface area contributed by atoms with Crippen molar-refractivity contribution in [3.8, 4) is 11.8 Å². The maximum atomic E-state index is 8.88. The Morgan fingerprint density at radius 3 is 2.85 bits per heavy atom. The Hall–Kier alpha value is -1.53. The van der Waals surface area contributed by atoms with Gasteiger partial charge in [0.25, 0.3) is 0 Å². The van der Waals surface area contributed by atoms with Crippen LogP contribution in [0.5, 0.6) is 5.75 Å². The van der Waals surface area contributed by atoms with Crippen molar-refractivity contribution in [3.63, 3.8) is 0 Å². The van der Waals surface area contributed by atoms with E-state index in [9.17, 15) is 0 Å². The topological polar surface area (TPSA) is 45.0 Å². The molecule has 1 fully saturated rings. The fourth-order valence-electron chi connectivity index (χ4n) is 2.69. The first-order valence-corrected chi connectivity index (χ1v) is 7.51. The maximum Gasteiger partial charge on any atom is 0.123 e. The van der Waals surface area contributed by atoms with E-state index in [1.165, 1.54) is 31.2 Å². The predicted molar refractivity (Wildman–Crippen MR) is 80.7 cm³/mol. The molecule has 1 saturated carbocycles. The Morgan fingerprint density at radius 1 is 1.45 bits per heavy atom. The summed E-state index contributed by atoms with van der Waals surface area (Å²) in [4.78, 5) is 0. The molecule has 0 saturated heterocycles. The molecule has 0 amide bonds. The van der Waals surface area contributed by atoms with Gasteiger partial charge in [-0.3, -0.25) is 0 Å². The van der Waals surface area contributed by atoms with Gasteiger partial charge in [-0.05, 0) is 43.5 Å². The molecule has 20 heavy (non-hydrogen) atoms. The van der Waals surface area contributed by atoms with Crippen LogP contribution in [0.2, 0.25) is 0 Å². The summed E-state index contributed by atoms with van der Waals surface area (Å²) >= 11 is 0. The van der Waals surface area contributed by atoms with Crippen LogP contribution in [0.15, 0.2) is 18.2 Å². The van der Waals surface area contributed by atoms with Crippen molar-refractivity contribution >= 4 is 0 Å². The molecule has 0 aliphatic heterocycles. The molecule has 1 N–H and O–H groups in total. The van der Waals surface area contributed by atoms with Crippen molar-refractivity contribution in [2.45, 2.75) is 45.1 Å². The molecule has 1 aromatic rings. The molecule has 1 unspecified atom stereocenters. The van der Waals surface area contributed by atoms with E-state index in [1.807, 2.05) is 6.07 Å². The lowest BCUT2D eigenvalue weighted by atomic mass is 9.83. The Morgan fingerprint density at radius 2 is 2.25 bits per heavy atom. The molecular weight excluding hydrogens is 248 g/mol. The van der Waals surface area contributed by atoms with Gasteiger partial charge in [0.1, 0.15) is 5.75 Å². The minimum Gasteiger partial charge on any atom is -0.496 e. The average Bonchev–Trinajstić information content (AvgIpc) is 2.41. The van der Waals surface area contributed by atoms with Crippen LogP contribution < -0.4 is 10.1 Å². The average molecular weight is 272 g/mol. The number of ether oxygens (including phenoxy) is 1. The number of methoxy groups -OCH3 is 1. The van der Waals surface area contributed by atoms with Crippen LogP contribution in [0.4, 0.5) is 0 Å². The van der Waals surface area contributed by atoms with E-state index < -0.39 is 0 Å². The van der Waals surface area contributed by atoms with Gasteiger partial charge < -0.3 is 10.1 Å². The van der Waals surface area contributed by atoms with Crippen molar-refractivity contribution in [1.29, 1.82) is 5.26 Å². The Labute approximate surface area is 121 Å². The first kappa shape index (κ1) is 14.9. The zero-order chi connectivity index (χ0) is 14.4. The van der Waals surface area contributed by atoms with E-state index in [2.05, 4.69) is 30.4 Å². The molecule has 0 heterocycles. The molecule has 0 aromatic heterocycles. The highest BCUT2D eigenvalue weighted by Gasteiger charge is 2.17. The molecule has 1 aliphatic rings. The molecule has 108 valence electrons. The van der Waals surface area contributed by atoms with E-state index in [0.29, 0.717) is 12.5 Å². The predicted octanol–water partition coefficient (Wildman–Crippen LogP) is 3.60. The lowest BCUT2D eigenvalue weighted by molar-refractivity contribution is 0.288. The van der Waals surface area contributed by atoms with Gasteiger partial charge in [0.15, 0.2) is 0 Å². The molecule has 3 nitrogen and oxygen atoms in total. The number of nitrogens with one attached hydrogen (secondary N) is 1. The van der Waals surface area contributed by atoms with Crippen LogP contribution in [0.1, 0.15) is 49.8 Å². The summed E-state index contributed by atoms with van der Waals surface area (Å²) < 4.78 is 5.30. The summed E-state index contributed by atoms with van der Waals surface area (Å²) in [5.74, 6) is 1.75. The van der Waals surface area contributed by atoms with Crippen LogP contribution in [0, 0.1) is 17.2 Å². The van der Waals surface area contributed by atoms with Gasteiger partial charge in [-0.25, -0.2) is 0 Å². The molecular formula is C17H24N2O. The van der Waals surface area contributed by atoms with E-state index in [0.717, 1.165) is 23.8 Å². The van der Waals surface area contributed by atoms with Crippen molar-refractivity contribution in [1.82, 2.24) is 5.32 Å². The summed E-state index contributed by atoms with van der Waals surface area (Å²) in [6.07, 6.45) is 5.91. The zero-order valence-corrected chi connectivity index (χ0v) is 12.5. The van der Waals surface area contributed by atoms with Gasteiger partial charge in [-0.2, -0.15) is 5.26 Å². The second kappa shape index (κ2) is 7.31. The third kappa shape index (κ3) is 3.74. The number of nitrogens with zero attached hydrogens (tertiary/aromatic N) is 1. The summed E-state index contributed by atoms with van der Waals surface area (Å²) in [6.45, 7) is 3.25. The molecule has 1 aliphatic carbocycles. The van der Waals surface area contributed by atoms with Crippen molar-refractivity contribution in [2.24, 2.45) is 5.92 Å². The molecule has 0 bridgehead atoms. The van der Waals surface area contributed by atoms with E-state index in [1.54, 1.807) is 7.11 Å². The third-order valence-electron chi connectivity index (χ3n) is 4.30. The molecule has 1 aromatic carbocycles. The molecule has 3 heteroatoms. The summed E-state index contributed by atoms with van der Waals surface area (Å²) in [6, 6.07) is 8.65. The smallest absolute Gasteiger partial charge is 0.123 e. The number of rotatable bonds is 7. The summed E-state index contributed by atoms with van der Waals surface area (Å²) in [7, 11) is 1.65. The molecule has 1 atom stereocenters. The van der Waals surface area contributed by atoms with Gasteiger partial charge in [0.05, 0.1) is 19.6 Å². The Bertz CT molecular complexity index is 474. The van der Waals surface area contributed by atoms with Crippen molar-refractivity contribution < 1.29 is 4.74 Å². The fraction of sp³-hybridized carbons (Fsp3) is 0.588. The first-order chi connectivity index (χ1) is 9.74. The Kier molecular flexibility index (Phi) is 5.43. The minimum atomic E-state index is 0.318. The standard InChI is InChI=1S/C17H24N2O/c1-13(19-11-9-14-4-3-5-14)15-6-7-17(20-2)16(12-15)8-10-18/h6-7,12-14,19H,3-5,8-9,11H2,1-2H3.